The van der Waals surface area contributed by atoms with Gasteiger partial charge in [0.15, 0.2) is 0 Å². The van der Waals surface area contributed by atoms with Crippen LogP contribution in [-0.4, -0.2) is 6.54 Å². The number of benzene rings is 1. The van der Waals surface area contributed by atoms with Gasteiger partial charge in [0.2, 0.25) is 0 Å². The van der Waals surface area contributed by atoms with Crippen molar-refractivity contribution in [3.63, 3.8) is 0 Å². The van der Waals surface area contributed by atoms with E-state index in [2.05, 4.69) is 45.0 Å². The molecule has 1 saturated carbocycles. The fourth-order valence-corrected chi connectivity index (χ4v) is 2.79. The molecule has 1 aliphatic rings. The number of rotatable bonds is 2. The minimum absolute atomic E-state index is 0.217. The maximum absolute atomic E-state index is 6.01. The van der Waals surface area contributed by atoms with Gasteiger partial charge in [0.05, 0.1) is 0 Å². The van der Waals surface area contributed by atoms with E-state index in [0.717, 1.165) is 6.54 Å². The molecule has 0 atom stereocenters. The summed E-state index contributed by atoms with van der Waals surface area (Å²) < 4.78 is 0. The van der Waals surface area contributed by atoms with E-state index in [9.17, 15) is 0 Å². The molecule has 16 heavy (non-hydrogen) atoms. The molecule has 0 saturated heterocycles. The van der Waals surface area contributed by atoms with Crippen LogP contribution >= 0.6 is 0 Å². The minimum Gasteiger partial charge on any atom is -0.330 e. The summed E-state index contributed by atoms with van der Waals surface area (Å²) in [6, 6.07) is 8.85. The van der Waals surface area contributed by atoms with Crippen LogP contribution in [0.5, 0.6) is 0 Å². The van der Waals surface area contributed by atoms with Gasteiger partial charge < -0.3 is 5.73 Å². The second-order valence-corrected chi connectivity index (χ2v) is 6.13. The van der Waals surface area contributed by atoms with Crippen LogP contribution in [-0.2, 0) is 10.8 Å². The van der Waals surface area contributed by atoms with Gasteiger partial charge in [-0.3, -0.25) is 0 Å². The van der Waals surface area contributed by atoms with Gasteiger partial charge in [-0.2, -0.15) is 0 Å². The summed E-state index contributed by atoms with van der Waals surface area (Å²) >= 11 is 0. The van der Waals surface area contributed by atoms with Crippen molar-refractivity contribution in [3.8, 4) is 0 Å². The standard InChI is InChI=1S/C15H23N/c1-14(2,3)12-7-4-5-8-13(12)15(11-16)9-6-10-15/h4-5,7-8H,6,9-11,16H2,1-3H3. The van der Waals surface area contributed by atoms with E-state index in [0.29, 0.717) is 0 Å². The van der Waals surface area contributed by atoms with Crippen LogP contribution in [0.15, 0.2) is 24.3 Å². The van der Waals surface area contributed by atoms with Crippen LogP contribution in [0.4, 0.5) is 0 Å². The molecule has 2 rings (SSSR count). The van der Waals surface area contributed by atoms with E-state index < -0.39 is 0 Å². The van der Waals surface area contributed by atoms with Crippen molar-refractivity contribution in [2.24, 2.45) is 5.73 Å². The average molecular weight is 217 g/mol. The molecule has 0 unspecified atom stereocenters. The van der Waals surface area contributed by atoms with E-state index >= 15 is 0 Å². The molecular weight excluding hydrogens is 194 g/mol. The quantitative estimate of drug-likeness (QED) is 0.807. The minimum atomic E-state index is 0.217. The first kappa shape index (κ1) is 11.7. The molecule has 1 nitrogen and oxygen atoms in total. The second kappa shape index (κ2) is 3.89. The highest BCUT2D eigenvalue weighted by Crippen LogP contribution is 2.46. The predicted octanol–water partition coefficient (Wildman–Crippen LogP) is 3.36. The Morgan fingerprint density at radius 2 is 1.81 bits per heavy atom. The molecule has 0 radical (unpaired) electrons. The first-order chi connectivity index (χ1) is 7.49. The lowest BCUT2D eigenvalue weighted by Crippen LogP contribution is -2.43. The molecule has 1 heteroatoms. The van der Waals surface area contributed by atoms with Gasteiger partial charge in [-0.05, 0) is 29.4 Å². The molecule has 1 aromatic carbocycles. The lowest BCUT2D eigenvalue weighted by Gasteiger charge is -2.44. The zero-order chi connectivity index (χ0) is 11.8. The summed E-state index contributed by atoms with van der Waals surface area (Å²) in [6.07, 6.45) is 3.85. The van der Waals surface area contributed by atoms with Gasteiger partial charge in [-0.1, -0.05) is 51.5 Å². The monoisotopic (exact) mass is 217 g/mol. The van der Waals surface area contributed by atoms with Crippen LogP contribution in [0.25, 0.3) is 0 Å². The van der Waals surface area contributed by atoms with E-state index in [1.54, 1.807) is 0 Å². The normalized spacial score (nSPS) is 19.2. The summed E-state index contributed by atoms with van der Waals surface area (Å²) in [4.78, 5) is 0. The number of nitrogens with two attached hydrogens (primary N) is 1. The van der Waals surface area contributed by atoms with Gasteiger partial charge in [-0.15, -0.1) is 0 Å². The molecule has 1 fully saturated rings. The van der Waals surface area contributed by atoms with Gasteiger partial charge in [0.1, 0.15) is 0 Å². The van der Waals surface area contributed by atoms with Crippen LogP contribution in [0.2, 0.25) is 0 Å². The fraction of sp³-hybridized carbons (Fsp3) is 0.600. The second-order valence-electron chi connectivity index (χ2n) is 6.13. The smallest absolute Gasteiger partial charge is 0.00785 e. The van der Waals surface area contributed by atoms with Gasteiger partial charge in [0, 0.05) is 12.0 Å². The highest BCUT2D eigenvalue weighted by atomic mass is 14.6. The largest absolute Gasteiger partial charge is 0.330 e. The maximum Gasteiger partial charge on any atom is 0.00785 e. The summed E-state index contributed by atoms with van der Waals surface area (Å²) in [6.45, 7) is 7.65. The van der Waals surface area contributed by atoms with Crippen LogP contribution in [0.1, 0.15) is 51.2 Å². The molecule has 2 N–H and O–H groups in total. The molecule has 0 bridgehead atoms. The molecule has 88 valence electrons. The maximum atomic E-state index is 6.01. The first-order valence-corrected chi connectivity index (χ1v) is 6.30. The van der Waals surface area contributed by atoms with Crippen molar-refractivity contribution in [1.29, 1.82) is 0 Å². The summed E-state index contributed by atoms with van der Waals surface area (Å²) in [5, 5.41) is 0. The van der Waals surface area contributed by atoms with Crippen LogP contribution < -0.4 is 5.73 Å². The zero-order valence-corrected chi connectivity index (χ0v) is 10.7. The van der Waals surface area contributed by atoms with E-state index in [1.165, 1.54) is 30.4 Å². The molecule has 0 heterocycles. The van der Waals surface area contributed by atoms with Crippen molar-refractivity contribution >= 4 is 0 Å². The highest BCUT2D eigenvalue weighted by Gasteiger charge is 2.39. The average Bonchev–Trinajstić information content (AvgIpc) is 2.16. The van der Waals surface area contributed by atoms with Crippen molar-refractivity contribution in [2.45, 2.75) is 50.9 Å². The number of hydrogen-bond acceptors (Lipinski definition) is 1. The lowest BCUT2D eigenvalue weighted by atomic mass is 9.61. The van der Waals surface area contributed by atoms with Crippen molar-refractivity contribution in [2.75, 3.05) is 6.54 Å². The van der Waals surface area contributed by atoms with Gasteiger partial charge >= 0.3 is 0 Å². The Kier molecular flexibility index (Phi) is 2.83. The Hall–Kier alpha value is -0.820. The Balaban J connectivity index is 2.48. The Morgan fingerprint density at radius 1 is 1.19 bits per heavy atom. The van der Waals surface area contributed by atoms with E-state index in [4.69, 9.17) is 5.73 Å². The molecule has 0 aliphatic heterocycles. The van der Waals surface area contributed by atoms with Crippen molar-refractivity contribution < 1.29 is 0 Å². The Morgan fingerprint density at radius 3 is 2.25 bits per heavy atom. The third-order valence-electron chi connectivity index (χ3n) is 4.01. The molecular formula is C15H23N. The summed E-state index contributed by atoms with van der Waals surface area (Å²) in [7, 11) is 0. The van der Waals surface area contributed by atoms with E-state index in [-0.39, 0.29) is 10.8 Å². The third kappa shape index (κ3) is 1.78. The topological polar surface area (TPSA) is 26.0 Å². The summed E-state index contributed by atoms with van der Waals surface area (Å²) in [5.41, 5.74) is 9.48. The van der Waals surface area contributed by atoms with Crippen molar-refractivity contribution in [3.05, 3.63) is 35.4 Å². The Bertz CT molecular complexity index is 364. The first-order valence-electron chi connectivity index (χ1n) is 6.30. The zero-order valence-electron chi connectivity index (χ0n) is 10.7. The summed E-state index contributed by atoms with van der Waals surface area (Å²) in [5.74, 6) is 0. The Labute approximate surface area is 99.0 Å². The number of hydrogen-bond donors (Lipinski definition) is 1. The molecule has 0 amide bonds. The van der Waals surface area contributed by atoms with E-state index in [1.807, 2.05) is 0 Å². The van der Waals surface area contributed by atoms with Crippen LogP contribution in [0.3, 0.4) is 0 Å². The fourth-order valence-electron chi connectivity index (χ4n) is 2.79. The lowest BCUT2D eigenvalue weighted by molar-refractivity contribution is 0.248. The highest BCUT2D eigenvalue weighted by molar-refractivity contribution is 5.40. The van der Waals surface area contributed by atoms with Crippen LogP contribution in [0, 0.1) is 0 Å². The molecule has 0 aromatic heterocycles. The molecule has 1 aromatic rings. The van der Waals surface area contributed by atoms with Gasteiger partial charge in [0.25, 0.3) is 0 Å². The molecule has 0 spiro atoms. The third-order valence-corrected chi connectivity index (χ3v) is 4.01. The molecule has 1 aliphatic carbocycles. The predicted molar refractivity (Wildman–Crippen MR) is 69.7 cm³/mol. The van der Waals surface area contributed by atoms with Gasteiger partial charge in [-0.25, -0.2) is 0 Å². The SMILES string of the molecule is CC(C)(C)c1ccccc1C1(CN)CCC1. The van der Waals surface area contributed by atoms with Crippen molar-refractivity contribution in [1.82, 2.24) is 0 Å².